The lowest BCUT2D eigenvalue weighted by Gasteiger charge is -2.08. The van der Waals surface area contributed by atoms with Crippen molar-refractivity contribution in [2.75, 3.05) is 0 Å². The molecule has 96 valence electrons. The van der Waals surface area contributed by atoms with Crippen LogP contribution >= 0.6 is 0 Å². The van der Waals surface area contributed by atoms with E-state index in [1.807, 2.05) is 16.7 Å². The van der Waals surface area contributed by atoms with E-state index in [1.165, 1.54) is 5.56 Å². The number of para-hydroxylation sites is 1. The van der Waals surface area contributed by atoms with Gasteiger partial charge in [-0.3, -0.25) is 9.59 Å². The Kier molecular flexibility index (Phi) is 2.10. The predicted molar refractivity (Wildman–Crippen MR) is 72.4 cm³/mol. The van der Waals surface area contributed by atoms with E-state index < -0.39 is 0 Å². The van der Waals surface area contributed by atoms with Crippen molar-refractivity contribution in [3.05, 3.63) is 45.7 Å². The van der Waals surface area contributed by atoms with Crippen LogP contribution in [0.1, 0.15) is 28.8 Å². The zero-order valence-corrected chi connectivity index (χ0v) is 10.5. The van der Waals surface area contributed by atoms with E-state index in [0.29, 0.717) is 5.39 Å². The van der Waals surface area contributed by atoms with Crippen LogP contribution in [0.3, 0.4) is 0 Å². The lowest BCUT2D eigenvalue weighted by atomic mass is 10.1. The molecule has 4 heteroatoms. The highest BCUT2D eigenvalue weighted by molar-refractivity contribution is 5.98. The first-order valence-electron chi connectivity index (χ1n) is 6.70. The second kappa shape index (κ2) is 3.70. The molecule has 0 spiro atoms. The molecule has 0 saturated heterocycles. The van der Waals surface area contributed by atoms with Gasteiger partial charge in [0.1, 0.15) is 5.56 Å². The molecule has 0 bridgehead atoms. The minimum atomic E-state index is -0.226. The molecule has 19 heavy (non-hydrogen) atoms. The lowest BCUT2D eigenvalue weighted by molar-refractivity contribution is 0.0949. The Labute approximate surface area is 110 Å². The van der Waals surface area contributed by atoms with Crippen molar-refractivity contribution in [1.82, 2.24) is 9.88 Å². The molecule has 1 aliphatic carbocycles. The van der Waals surface area contributed by atoms with Crippen LogP contribution in [-0.2, 0) is 13.0 Å². The van der Waals surface area contributed by atoms with Crippen LogP contribution in [0.5, 0.6) is 0 Å². The maximum Gasteiger partial charge on any atom is 0.256 e. The number of rotatable bonds is 2. The Bertz CT molecular complexity index is 757. The van der Waals surface area contributed by atoms with Gasteiger partial charge in [0.15, 0.2) is 0 Å². The average Bonchev–Trinajstić information content (AvgIpc) is 3.13. The van der Waals surface area contributed by atoms with Crippen molar-refractivity contribution in [2.45, 2.75) is 31.8 Å². The highest BCUT2D eigenvalue weighted by Crippen LogP contribution is 2.24. The lowest BCUT2D eigenvalue weighted by Crippen LogP contribution is -2.31. The third-order valence-corrected chi connectivity index (χ3v) is 3.96. The van der Waals surface area contributed by atoms with E-state index in [1.54, 1.807) is 6.20 Å². The second-order valence-corrected chi connectivity index (χ2v) is 5.38. The predicted octanol–water partition coefficient (Wildman–Crippen LogP) is 1.45. The summed E-state index contributed by atoms with van der Waals surface area (Å²) in [5.41, 5.74) is 2.32. The highest BCUT2D eigenvalue weighted by atomic mass is 16.2. The van der Waals surface area contributed by atoms with Gasteiger partial charge in [0, 0.05) is 24.2 Å². The molecule has 2 aromatic rings. The topological polar surface area (TPSA) is 51.1 Å². The smallest absolute Gasteiger partial charge is 0.256 e. The SMILES string of the molecule is O=C(NC1CC1)c1cn2c3c(cccc3c1=O)CC2. The van der Waals surface area contributed by atoms with Crippen LogP contribution in [-0.4, -0.2) is 16.5 Å². The fourth-order valence-corrected chi connectivity index (χ4v) is 2.81. The van der Waals surface area contributed by atoms with Crippen LogP contribution < -0.4 is 10.7 Å². The summed E-state index contributed by atoms with van der Waals surface area (Å²) in [7, 11) is 0. The number of carbonyl (C=O) groups is 1. The molecular formula is C15H14N2O2. The standard InChI is InChI=1S/C15H14N2O2/c18-14-11-3-1-2-9-6-7-17(13(9)11)8-12(14)15(19)16-10-4-5-10/h1-3,8,10H,4-7H2,(H,16,19). The van der Waals surface area contributed by atoms with Gasteiger partial charge >= 0.3 is 0 Å². The van der Waals surface area contributed by atoms with Crippen molar-refractivity contribution in [3.63, 3.8) is 0 Å². The molecule has 1 aliphatic heterocycles. The third kappa shape index (κ3) is 1.59. The van der Waals surface area contributed by atoms with Gasteiger partial charge < -0.3 is 9.88 Å². The number of nitrogens with one attached hydrogen (secondary N) is 1. The summed E-state index contributed by atoms with van der Waals surface area (Å²) in [6.45, 7) is 0.847. The van der Waals surface area contributed by atoms with Gasteiger partial charge in [0.05, 0.1) is 5.52 Å². The molecule has 1 saturated carbocycles. The minimum absolute atomic E-state index is 0.145. The molecule has 4 rings (SSSR count). The Hall–Kier alpha value is -2.10. The summed E-state index contributed by atoms with van der Waals surface area (Å²) in [6.07, 6.45) is 4.71. The maximum absolute atomic E-state index is 12.4. The summed E-state index contributed by atoms with van der Waals surface area (Å²) < 4.78 is 2.04. The summed E-state index contributed by atoms with van der Waals surface area (Å²) >= 11 is 0. The normalized spacial score (nSPS) is 16.8. The number of pyridine rings is 1. The molecule has 0 atom stereocenters. The van der Waals surface area contributed by atoms with Crippen LogP contribution in [0.2, 0.25) is 0 Å². The van der Waals surface area contributed by atoms with E-state index in [0.717, 1.165) is 31.3 Å². The molecule has 4 nitrogen and oxygen atoms in total. The summed E-state index contributed by atoms with van der Waals surface area (Å²) in [6, 6.07) is 6.04. The van der Waals surface area contributed by atoms with E-state index >= 15 is 0 Å². The summed E-state index contributed by atoms with van der Waals surface area (Å²) in [5, 5.41) is 3.56. The highest BCUT2D eigenvalue weighted by Gasteiger charge is 2.26. The molecule has 1 aromatic heterocycles. The van der Waals surface area contributed by atoms with E-state index in [4.69, 9.17) is 0 Å². The van der Waals surface area contributed by atoms with Gasteiger partial charge in [0.25, 0.3) is 5.91 Å². The number of aromatic nitrogens is 1. The first kappa shape index (κ1) is 10.8. The van der Waals surface area contributed by atoms with Crippen LogP contribution in [0.15, 0.2) is 29.2 Å². The van der Waals surface area contributed by atoms with Gasteiger partial charge in [0.2, 0.25) is 5.43 Å². The first-order chi connectivity index (χ1) is 9.24. The number of aryl methyl sites for hydroxylation is 2. The first-order valence-corrected chi connectivity index (χ1v) is 6.70. The molecule has 1 N–H and O–H groups in total. The van der Waals surface area contributed by atoms with Crippen molar-refractivity contribution in [1.29, 1.82) is 0 Å². The number of carbonyl (C=O) groups excluding carboxylic acids is 1. The average molecular weight is 254 g/mol. The largest absolute Gasteiger partial charge is 0.349 e. The fraction of sp³-hybridized carbons (Fsp3) is 0.333. The maximum atomic E-state index is 12.4. The Balaban J connectivity index is 1.92. The molecule has 1 aromatic carbocycles. The van der Waals surface area contributed by atoms with Gasteiger partial charge in [-0.1, -0.05) is 12.1 Å². The summed E-state index contributed by atoms with van der Waals surface area (Å²) in [5.74, 6) is -0.226. The van der Waals surface area contributed by atoms with Gasteiger partial charge in [-0.2, -0.15) is 0 Å². The van der Waals surface area contributed by atoms with E-state index in [-0.39, 0.29) is 22.9 Å². The quantitative estimate of drug-likeness (QED) is 0.882. The van der Waals surface area contributed by atoms with E-state index in [2.05, 4.69) is 11.4 Å². The Morgan fingerprint density at radius 2 is 2.16 bits per heavy atom. The molecule has 2 aliphatic rings. The van der Waals surface area contributed by atoms with Crippen molar-refractivity contribution < 1.29 is 4.79 Å². The van der Waals surface area contributed by atoms with Crippen LogP contribution in [0.4, 0.5) is 0 Å². The van der Waals surface area contributed by atoms with Crippen molar-refractivity contribution >= 4 is 16.8 Å². The summed E-state index contributed by atoms with van der Waals surface area (Å²) in [4.78, 5) is 24.6. The van der Waals surface area contributed by atoms with E-state index in [9.17, 15) is 9.59 Å². The van der Waals surface area contributed by atoms with Gasteiger partial charge in [-0.05, 0) is 30.9 Å². The molecular weight excluding hydrogens is 240 g/mol. The second-order valence-electron chi connectivity index (χ2n) is 5.38. The van der Waals surface area contributed by atoms with Gasteiger partial charge in [-0.25, -0.2) is 0 Å². The third-order valence-electron chi connectivity index (χ3n) is 3.96. The Morgan fingerprint density at radius 3 is 2.95 bits per heavy atom. The van der Waals surface area contributed by atoms with Crippen molar-refractivity contribution in [3.8, 4) is 0 Å². The number of benzene rings is 1. The molecule has 2 heterocycles. The number of hydrogen-bond acceptors (Lipinski definition) is 2. The molecule has 1 fully saturated rings. The minimum Gasteiger partial charge on any atom is -0.349 e. The monoisotopic (exact) mass is 254 g/mol. The Morgan fingerprint density at radius 1 is 1.32 bits per heavy atom. The molecule has 0 radical (unpaired) electrons. The number of nitrogens with zero attached hydrogens (tertiary/aromatic N) is 1. The van der Waals surface area contributed by atoms with Gasteiger partial charge in [-0.15, -0.1) is 0 Å². The molecule has 1 amide bonds. The number of amides is 1. The zero-order valence-electron chi connectivity index (χ0n) is 10.5. The number of hydrogen-bond donors (Lipinski definition) is 1. The van der Waals surface area contributed by atoms with Crippen LogP contribution in [0.25, 0.3) is 10.9 Å². The van der Waals surface area contributed by atoms with Crippen molar-refractivity contribution in [2.24, 2.45) is 0 Å². The molecule has 0 unspecified atom stereocenters. The zero-order chi connectivity index (χ0) is 13.0. The van der Waals surface area contributed by atoms with Crippen LogP contribution in [0, 0.1) is 0 Å². The fourth-order valence-electron chi connectivity index (χ4n) is 2.81.